The van der Waals surface area contributed by atoms with Crippen molar-refractivity contribution in [1.82, 2.24) is 10.2 Å². The fraction of sp³-hybridized carbons (Fsp3) is 0.300. The van der Waals surface area contributed by atoms with E-state index >= 15 is 0 Å². The fourth-order valence-corrected chi connectivity index (χ4v) is 1.55. The molecule has 1 heterocycles. The summed E-state index contributed by atoms with van der Waals surface area (Å²) in [5, 5.41) is 26.0. The van der Waals surface area contributed by atoms with E-state index < -0.39 is 7.12 Å². The Balaban J connectivity index is 2.53. The summed E-state index contributed by atoms with van der Waals surface area (Å²) >= 11 is 0. The molecule has 0 bridgehead atoms. The van der Waals surface area contributed by atoms with Crippen LogP contribution in [0.5, 0.6) is 5.75 Å². The molecular weight excluding hydrogens is 207 g/mol. The van der Waals surface area contributed by atoms with Gasteiger partial charge in [0.15, 0.2) is 0 Å². The van der Waals surface area contributed by atoms with Crippen molar-refractivity contribution < 1.29 is 14.8 Å². The Morgan fingerprint density at radius 3 is 2.75 bits per heavy atom. The molecule has 0 saturated heterocycles. The lowest BCUT2D eigenvalue weighted by Gasteiger charge is -2.14. The Morgan fingerprint density at radius 2 is 2.12 bits per heavy atom. The summed E-state index contributed by atoms with van der Waals surface area (Å²) in [6, 6.07) is 3.37. The average Bonchev–Trinajstić information content (AvgIpc) is 2.62. The van der Waals surface area contributed by atoms with E-state index in [0.717, 1.165) is 10.9 Å². The zero-order chi connectivity index (χ0) is 11.7. The van der Waals surface area contributed by atoms with E-state index in [1.54, 1.807) is 18.3 Å². The second-order valence-electron chi connectivity index (χ2n) is 3.89. The van der Waals surface area contributed by atoms with E-state index in [-0.39, 0.29) is 6.10 Å². The Morgan fingerprint density at radius 1 is 1.38 bits per heavy atom. The molecule has 2 rings (SSSR count). The van der Waals surface area contributed by atoms with E-state index in [2.05, 4.69) is 10.2 Å². The Bertz CT molecular complexity index is 496. The first-order valence-electron chi connectivity index (χ1n) is 5.07. The number of rotatable bonds is 3. The van der Waals surface area contributed by atoms with Gasteiger partial charge in [0.2, 0.25) is 0 Å². The van der Waals surface area contributed by atoms with Crippen LogP contribution in [-0.2, 0) is 0 Å². The minimum absolute atomic E-state index is 0.0261. The predicted molar refractivity (Wildman–Crippen MR) is 61.7 cm³/mol. The lowest BCUT2D eigenvalue weighted by Crippen LogP contribution is -2.32. The standard InChI is InChI=1S/C10H13BN2O3/c1-6(2)16-10-3-7-5-12-13-9(7)4-8(10)11(14)15/h3-6,14-15H,1-2H3,(H,12,13). The third-order valence-electron chi connectivity index (χ3n) is 2.21. The Labute approximate surface area is 93.2 Å². The second kappa shape index (κ2) is 4.15. The number of hydrogen-bond acceptors (Lipinski definition) is 4. The van der Waals surface area contributed by atoms with E-state index in [4.69, 9.17) is 4.74 Å². The van der Waals surface area contributed by atoms with Crippen LogP contribution in [0.15, 0.2) is 18.3 Å². The minimum atomic E-state index is -1.55. The number of H-pyrrole nitrogens is 1. The molecule has 6 heteroatoms. The number of aromatic amines is 1. The number of nitrogens with zero attached hydrogens (tertiary/aromatic N) is 1. The lowest BCUT2D eigenvalue weighted by molar-refractivity contribution is 0.244. The topological polar surface area (TPSA) is 78.4 Å². The number of nitrogens with one attached hydrogen (secondary N) is 1. The lowest BCUT2D eigenvalue weighted by atomic mass is 9.79. The molecule has 0 amide bonds. The van der Waals surface area contributed by atoms with Crippen LogP contribution in [0.25, 0.3) is 10.9 Å². The summed E-state index contributed by atoms with van der Waals surface area (Å²) in [4.78, 5) is 0. The molecule has 2 aromatic rings. The molecule has 5 nitrogen and oxygen atoms in total. The van der Waals surface area contributed by atoms with E-state index in [9.17, 15) is 10.0 Å². The highest BCUT2D eigenvalue weighted by molar-refractivity contribution is 6.60. The van der Waals surface area contributed by atoms with Crippen LogP contribution in [-0.4, -0.2) is 33.5 Å². The monoisotopic (exact) mass is 220 g/mol. The predicted octanol–water partition coefficient (Wildman–Crippen LogP) is 0.0299. The fourth-order valence-electron chi connectivity index (χ4n) is 1.55. The number of fused-ring (bicyclic) bond motifs is 1. The number of ether oxygens (including phenoxy) is 1. The second-order valence-corrected chi connectivity index (χ2v) is 3.89. The van der Waals surface area contributed by atoms with Crippen LogP contribution in [0.4, 0.5) is 0 Å². The molecule has 1 aromatic carbocycles. The van der Waals surface area contributed by atoms with Crippen LogP contribution in [0.3, 0.4) is 0 Å². The summed E-state index contributed by atoms with van der Waals surface area (Å²) < 4.78 is 5.52. The molecule has 0 aliphatic carbocycles. The number of hydrogen-bond donors (Lipinski definition) is 3. The zero-order valence-corrected chi connectivity index (χ0v) is 9.14. The van der Waals surface area contributed by atoms with Crippen LogP contribution >= 0.6 is 0 Å². The van der Waals surface area contributed by atoms with Gasteiger partial charge >= 0.3 is 7.12 Å². The first kappa shape index (κ1) is 11.0. The summed E-state index contributed by atoms with van der Waals surface area (Å²) in [6.07, 6.45) is 1.64. The number of aromatic nitrogens is 2. The highest BCUT2D eigenvalue weighted by atomic mass is 16.5. The van der Waals surface area contributed by atoms with Crippen LogP contribution < -0.4 is 10.2 Å². The molecule has 0 atom stereocenters. The average molecular weight is 220 g/mol. The summed E-state index contributed by atoms with van der Waals surface area (Å²) in [6.45, 7) is 3.76. The molecule has 1 aromatic heterocycles. The number of benzene rings is 1. The molecule has 0 fully saturated rings. The molecule has 0 radical (unpaired) electrons. The van der Waals surface area contributed by atoms with Gasteiger partial charge < -0.3 is 14.8 Å². The molecule has 84 valence electrons. The zero-order valence-electron chi connectivity index (χ0n) is 9.14. The van der Waals surface area contributed by atoms with Crippen molar-refractivity contribution in [2.45, 2.75) is 20.0 Å². The van der Waals surface area contributed by atoms with Gasteiger partial charge in [-0.2, -0.15) is 5.10 Å². The largest absolute Gasteiger partial charge is 0.492 e. The van der Waals surface area contributed by atoms with Gasteiger partial charge in [0.1, 0.15) is 5.75 Å². The van der Waals surface area contributed by atoms with Gasteiger partial charge in [0, 0.05) is 10.8 Å². The van der Waals surface area contributed by atoms with Gasteiger partial charge in [-0.1, -0.05) is 0 Å². The van der Waals surface area contributed by atoms with Crippen molar-refractivity contribution in [3.05, 3.63) is 18.3 Å². The van der Waals surface area contributed by atoms with Crippen molar-refractivity contribution >= 4 is 23.5 Å². The molecule has 0 spiro atoms. The molecule has 0 saturated carbocycles. The highest BCUT2D eigenvalue weighted by Crippen LogP contribution is 2.18. The normalized spacial score (nSPS) is 11.1. The third-order valence-corrected chi connectivity index (χ3v) is 2.21. The minimum Gasteiger partial charge on any atom is -0.491 e. The Kier molecular flexibility index (Phi) is 2.85. The molecule has 0 aliphatic heterocycles. The SMILES string of the molecule is CC(C)Oc1cc2cn[nH]c2cc1B(O)O. The molecule has 0 unspecified atom stereocenters. The van der Waals surface area contributed by atoms with E-state index in [1.807, 2.05) is 13.8 Å². The first-order valence-corrected chi connectivity index (χ1v) is 5.07. The van der Waals surface area contributed by atoms with E-state index in [1.165, 1.54) is 0 Å². The van der Waals surface area contributed by atoms with Gasteiger partial charge in [-0.3, -0.25) is 5.10 Å². The quantitative estimate of drug-likeness (QED) is 0.637. The summed E-state index contributed by atoms with van der Waals surface area (Å²) in [5.74, 6) is 0.471. The smallest absolute Gasteiger partial charge is 0.491 e. The van der Waals surface area contributed by atoms with Crippen molar-refractivity contribution in [1.29, 1.82) is 0 Å². The Hall–Kier alpha value is -1.53. The van der Waals surface area contributed by atoms with Crippen molar-refractivity contribution in [2.24, 2.45) is 0 Å². The third kappa shape index (κ3) is 2.03. The van der Waals surface area contributed by atoms with Crippen molar-refractivity contribution in [3.63, 3.8) is 0 Å². The molecule has 3 N–H and O–H groups in total. The van der Waals surface area contributed by atoms with Gasteiger partial charge in [-0.05, 0) is 26.0 Å². The van der Waals surface area contributed by atoms with Crippen LogP contribution in [0.1, 0.15) is 13.8 Å². The van der Waals surface area contributed by atoms with E-state index in [0.29, 0.717) is 11.2 Å². The van der Waals surface area contributed by atoms with Crippen molar-refractivity contribution in [3.8, 4) is 5.75 Å². The van der Waals surface area contributed by atoms with Crippen LogP contribution in [0.2, 0.25) is 0 Å². The van der Waals surface area contributed by atoms with Crippen molar-refractivity contribution in [2.75, 3.05) is 0 Å². The first-order chi connectivity index (χ1) is 7.58. The summed E-state index contributed by atoms with van der Waals surface area (Å²) in [5.41, 5.74) is 1.09. The maximum atomic E-state index is 9.26. The van der Waals surface area contributed by atoms with Gasteiger partial charge in [-0.25, -0.2) is 0 Å². The maximum absolute atomic E-state index is 9.26. The van der Waals surface area contributed by atoms with Crippen LogP contribution in [0, 0.1) is 0 Å². The molecule has 0 aliphatic rings. The molecular formula is C10H13BN2O3. The maximum Gasteiger partial charge on any atom is 0.492 e. The van der Waals surface area contributed by atoms with Gasteiger partial charge in [-0.15, -0.1) is 0 Å². The highest BCUT2D eigenvalue weighted by Gasteiger charge is 2.19. The summed E-state index contributed by atoms with van der Waals surface area (Å²) in [7, 11) is -1.55. The van der Waals surface area contributed by atoms with Gasteiger partial charge in [0.05, 0.1) is 17.8 Å². The molecule has 16 heavy (non-hydrogen) atoms. The van der Waals surface area contributed by atoms with Gasteiger partial charge in [0.25, 0.3) is 0 Å².